The van der Waals surface area contributed by atoms with E-state index in [2.05, 4.69) is 11.4 Å². The number of nitrogens with one attached hydrogen (secondary N) is 1. The molecule has 0 saturated heterocycles. The Hall–Kier alpha value is -3.08. The SMILES string of the molecule is COCCOCc1c(CN(C)CC(O)c2ccc(C#N)s2)sc2c(=O)c(CC(=O)NCc3ccc(Cl)cc3)cn(C)c12. The van der Waals surface area contributed by atoms with E-state index in [1.807, 2.05) is 35.7 Å². The van der Waals surface area contributed by atoms with Gasteiger partial charge in [-0.15, -0.1) is 22.7 Å². The monoisotopic (exact) mass is 628 g/mol. The van der Waals surface area contributed by atoms with Crippen molar-refractivity contribution >= 4 is 50.4 Å². The lowest BCUT2D eigenvalue weighted by molar-refractivity contribution is -0.120. The van der Waals surface area contributed by atoms with Crippen LogP contribution in [0.2, 0.25) is 5.02 Å². The van der Waals surface area contributed by atoms with E-state index in [4.69, 9.17) is 26.3 Å². The van der Waals surface area contributed by atoms with Gasteiger partial charge in [-0.3, -0.25) is 14.5 Å². The van der Waals surface area contributed by atoms with Crippen LogP contribution in [0, 0.1) is 11.3 Å². The second kappa shape index (κ2) is 14.9. The molecule has 4 rings (SSSR count). The number of carbonyl (C=O) groups is 1. The van der Waals surface area contributed by atoms with Crippen molar-refractivity contribution in [3.8, 4) is 6.07 Å². The molecule has 0 aliphatic carbocycles. The molecule has 9 nitrogen and oxygen atoms in total. The molecule has 0 aliphatic rings. The van der Waals surface area contributed by atoms with Gasteiger partial charge in [-0.1, -0.05) is 23.7 Å². The van der Waals surface area contributed by atoms with Gasteiger partial charge in [-0.25, -0.2) is 0 Å². The van der Waals surface area contributed by atoms with Crippen molar-refractivity contribution in [2.45, 2.75) is 32.2 Å². The lowest BCUT2D eigenvalue weighted by Crippen LogP contribution is -2.27. The minimum atomic E-state index is -0.748. The van der Waals surface area contributed by atoms with Gasteiger partial charge in [0.25, 0.3) is 0 Å². The standard InChI is InChI=1S/C30H33ClN4O5S2/c1-34(16-24(36)25-9-8-22(13-32)41-25)17-26-23(18-40-11-10-39-3)28-30(42-26)29(38)20(15-35(28)2)12-27(37)33-14-19-4-6-21(31)7-5-19/h4-9,15,24,36H,10-12,14,16-18H2,1-3H3,(H,33,37). The summed E-state index contributed by atoms with van der Waals surface area (Å²) in [6.45, 7) is 2.31. The molecule has 12 heteroatoms. The van der Waals surface area contributed by atoms with E-state index in [-0.39, 0.29) is 17.8 Å². The van der Waals surface area contributed by atoms with Gasteiger partial charge < -0.3 is 24.5 Å². The minimum Gasteiger partial charge on any atom is -0.386 e. The summed E-state index contributed by atoms with van der Waals surface area (Å²) in [4.78, 5) is 30.6. The Morgan fingerprint density at radius 1 is 1.21 bits per heavy atom. The van der Waals surface area contributed by atoms with Gasteiger partial charge in [0.2, 0.25) is 11.3 Å². The first-order chi connectivity index (χ1) is 20.2. The third-order valence-electron chi connectivity index (χ3n) is 6.66. The number of halogens is 1. The number of hydrogen-bond acceptors (Lipinski definition) is 9. The average Bonchev–Trinajstić information content (AvgIpc) is 3.59. The first-order valence-corrected chi connectivity index (χ1v) is 15.3. The van der Waals surface area contributed by atoms with E-state index in [0.29, 0.717) is 59.6 Å². The maximum Gasteiger partial charge on any atom is 0.224 e. The predicted molar refractivity (Wildman–Crippen MR) is 166 cm³/mol. The Labute approximate surface area is 257 Å². The molecule has 0 fully saturated rings. The van der Waals surface area contributed by atoms with Crippen molar-refractivity contribution < 1.29 is 19.4 Å². The summed E-state index contributed by atoms with van der Waals surface area (Å²) in [7, 11) is 5.37. The van der Waals surface area contributed by atoms with Crippen molar-refractivity contribution in [3.05, 3.63) is 89.2 Å². The van der Waals surface area contributed by atoms with Crippen LogP contribution in [-0.2, 0) is 47.4 Å². The maximum absolute atomic E-state index is 13.6. The quantitative estimate of drug-likeness (QED) is 0.199. The number of aliphatic hydroxyl groups is 1. The van der Waals surface area contributed by atoms with Crippen LogP contribution in [0.4, 0.5) is 0 Å². The second-order valence-corrected chi connectivity index (χ2v) is 12.6. The lowest BCUT2D eigenvalue weighted by Gasteiger charge is -2.20. The van der Waals surface area contributed by atoms with E-state index in [1.54, 1.807) is 37.6 Å². The molecule has 4 aromatic rings. The molecule has 42 heavy (non-hydrogen) atoms. The van der Waals surface area contributed by atoms with Gasteiger partial charge in [-0.05, 0) is 36.9 Å². The van der Waals surface area contributed by atoms with Crippen molar-refractivity contribution in [3.63, 3.8) is 0 Å². The highest BCUT2D eigenvalue weighted by Gasteiger charge is 2.22. The summed E-state index contributed by atoms with van der Waals surface area (Å²) >= 11 is 8.60. The Bertz CT molecular complexity index is 1620. The van der Waals surface area contributed by atoms with Crippen LogP contribution < -0.4 is 10.7 Å². The van der Waals surface area contributed by atoms with Crippen LogP contribution >= 0.6 is 34.3 Å². The van der Waals surface area contributed by atoms with Crippen LogP contribution in [0.15, 0.2) is 47.4 Å². The zero-order valence-corrected chi connectivity index (χ0v) is 26.1. The van der Waals surface area contributed by atoms with Crippen molar-refractivity contribution in [2.24, 2.45) is 7.05 Å². The normalized spacial score (nSPS) is 12.1. The van der Waals surface area contributed by atoms with E-state index in [1.165, 1.54) is 22.7 Å². The van der Waals surface area contributed by atoms with Crippen molar-refractivity contribution in [2.75, 3.05) is 33.9 Å². The molecule has 3 heterocycles. The summed E-state index contributed by atoms with van der Waals surface area (Å²) in [5.74, 6) is -0.247. The van der Waals surface area contributed by atoms with E-state index in [9.17, 15) is 14.7 Å². The number of ether oxygens (including phenoxy) is 2. The largest absolute Gasteiger partial charge is 0.386 e. The number of aryl methyl sites for hydroxylation is 1. The summed E-state index contributed by atoms with van der Waals surface area (Å²) in [5, 5.41) is 23.4. The molecule has 0 saturated carbocycles. The fourth-order valence-electron chi connectivity index (χ4n) is 4.58. The first-order valence-electron chi connectivity index (χ1n) is 13.3. The van der Waals surface area contributed by atoms with Crippen LogP contribution in [0.1, 0.15) is 37.4 Å². The molecular formula is C30H33ClN4O5S2. The third-order valence-corrected chi connectivity index (χ3v) is 9.21. The van der Waals surface area contributed by atoms with Crippen LogP contribution in [0.25, 0.3) is 10.2 Å². The molecule has 3 aromatic heterocycles. The molecule has 2 N–H and O–H groups in total. The molecule has 222 valence electrons. The van der Waals surface area contributed by atoms with Gasteiger partial charge >= 0.3 is 0 Å². The van der Waals surface area contributed by atoms with Gasteiger partial charge in [0.15, 0.2) is 0 Å². The maximum atomic E-state index is 13.6. The Morgan fingerprint density at radius 3 is 2.67 bits per heavy atom. The highest BCUT2D eigenvalue weighted by atomic mass is 35.5. The number of aromatic nitrogens is 1. The van der Waals surface area contributed by atoms with E-state index in [0.717, 1.165) is 26.4 Å². The molecule has 1 aromatic carbocycles. The molecule has 0 aliphatic heterocycles. The van der Waals surface area contributed by atoms with Gasteiger partial charge in [0.05, 0.1) is 36.5 Å². The number of benzene rings is 1. The van der Waals surface area contributed by atoms with Gasteiger partial charge in [-0.2, -0.15) is 5.26 Å². The van der Waals surface area contributed by atoms with E-state index >= 15 is 0 Å². The molecule has 1 amide bonds. The molecule has 1 atom stereocenters. The van der Waals surface area contributed by atoms with Crippen LogP contribution in [0.5, 0.6) is 0 Å². The Balaban J connectivity index is 1.55. The molecule has 0 bridgehead atoms. The number of amides is 1. The number of fused-ring (bicyclic) bond motifs is 1. The van der Waals surface area contributed by atoms with Crippen molar-refractivity contribution in [1.82, 2.24) is 14.8 Å². The van der Waals surface area contributed by atoms with Crippen LogP contribution in [-0.4, -0.2) is 54.4 Å². The van der Waals surface area contributed by atoms with E-state index < -0.39 is 6.10 Å². The zero-order valence-electron chi connectivity index (χ0n) is 23.7. The second-order valence-electron chi connectivity index (χ2n) is 9.93. The molecule has 0 radical (unpaired) electrons. The molecular weight excluding hydrogens is 596 g/mol. The highest BCUT2D eigenvalue weighted by molar-refractivity contribution is 7.19. The topological polar surface area (TPSA) is 117 Å². The average molecular weight is 629 g/mol. The third kappa shape index (κ3) is 8.05. The number of methoxy groups -OCH3 is 1. The number of aliphatic hydroxyl groups excluding tert-OH is 1. The summed E-state index contributed by atoms with van der Waals surface area (Å²) in [6, 6.07) is 12.8. The lowest BCUT2D eigenvalue weighted by atomic mass is 10.1. The fourth-order valence-corrected chi connectivity index (χ4v) is 6.88. The number of likely N-dealkylation sites (N-methyl/N-ethyl adjacent to an activating group) is 1. The number of thiophene rings is 2. The van der Waals surface area contributed by atoms with Crippen molar-refractivity contribution in [1.29, 1.82) is 5.26 Å². The molecule has 1 unspecified atom stereocenters. The molecule has 0 spiro atoms. The highest BCUT2D eigenvalue weighted by Crippen LogP contribution is 2.32. The predicted octanol–water partition coefficient (Wildman–Crippen LogP) is 4.37. The number of pyridine rings is 1. The smallest absolute Gasteiger partial charge is 0.224 e. The zero-order chi connectivity index (χ0) is 30.2. The number of carbonyl (C=O) groups excluding carboxylic acids is 1. The Kier molecular flexibility index (Phi) is 11.3. The summed E-state index contributed by atoms with van der Waals surface area (Å²) in [6.07, 6.45) is 0.932. The summed E-state index contributed by atoms with van der Waals surface area (Å²) < 4.78 is 13.4. The van der Waals surface area contributed by atoms with Gasteiger partial charge in [0.1, 0.15) is 17.1 Å². The minimum absolute atomic E-state index is 0.0410. The number of rotatable bonds is 14. The number of hydrogen-bond donors (Lipinski definition) is 2. The van der Waals surface area contributed by atoms with Gasteiger partial charge in [0, 0.05) is 65.9 Å². The number of nitrogens with zero attached hydrogens (tertiary/aromatic N) is 3. The Morgan fingerprint density at radius 2 is 1.98 bits per heavy atom. The first kappa shape index (κ1) is 31.8. The summed E-state index contributed by atoms with van der Waals surface area (Å²) in [5.41, 5.74) is 2.82. The number of nitriles is 1. The van der Waals surface area contributed by atoms with Crippen LogP contribution in [0.3, 0.4) is 0 Å². The fraction of sp³-hybridized carbons (Fsp3) is 0.367.